The molecule has 4 atom stereocenters. The Morgan fingerprint density at radius 1 is 0.810 bits per heavy atom. The Bertz CT molecular complexity index is 1310. The number of hydrogen-bond donors (Lipinski definition) is 7. The van der Waals surface area contributed by atoms with Gasteiger partial charge in [-0.25, -0.2) is 9.78 Å². The number of aromatic nitrogens is 2. The maximum absolute atomic E-state index is 13.6. The van der Waals surface area contributed by atoms with Gasteiger partial charge in [0.2, 0.25) is 17.7 Å². The molecule has 0 aliphatic rings. The fourth-order valence-electron chi connectivity index (χ4n) is 4.38. The van der Waals surface area contributed by atoms with Gasteiger partial charge < -0.3 is 36.9 Å². The Labute approximate surface area is 244 Å². The van der Waals surface area contributed by atoms with Crippen LogP contribution in [0.15, 0.2) is 67.1 Å². The summed E-state index contributed by atoms with van der Waals surface area (Å²) in [6.07, 6.45) is 3.53. The van der Waals surface area contributed by atoms with Gasteiger partial charge in [0.15, 0.2) is 0 Å². The topological polar surface area (TPSA) is 200 Å². The summed E-state index contributed by atoms with van der Waals surface area (Å²) in [7, 11) is 0. The molecule has 12 nitrogen and oxygen atoms in total. The number of carboxylic acid groups (broad SMARTS) is 1. The quantitative estimate of drug-likeness (QED) is 0.139. The number of H-pyrrole nitrogens is 1. The van der Waals surface area contributed by atoms with Crippen molar-refractivity contribution >= 4 is 23.7 Å². The van der Waals surface area contributed by atoms with E-state index in [0.717, 1.165) is 5.56 Å². The number of aromatic hydroxyl groups is 1. The molecule has 0 saturated heterocycles. The molecule has 3 aromatic rings. The highest BCUT2D eigenvalue weighted by atomic mass is 16.4. The fraction of sp³-hybridized carbons (Fsp3) is 0.367. The van der Waals surface area contributed by atoms with Gasteiger partial charge in [-0.3, -0.25) is 14.4 Å². The Hall–Kier alpha value is -4.71. The number of benzene rings is 2. The van der Waals surface area contributed by atoms with E-state index in [4.69, 9.17) is 5.73 Å². The molecule has 224 valence electrons. The van der Waals surface area contributed by atoms with Crippen molar-refractivity contribution in [2.75, 3.05) is 0 Å². The Kier molecular flexibility index (Phi) is 11.6. The second kappa shape index (κ2) is 15.3. The Morgan fingerprint density at radius 3 is 1.98 bits per heavy atom. The molecule has 0 radical (unpaired) electrons. The first-order chi connectivity index (χ1) is 20.0. The predicted octanol–water partition coefficient (Wildman–Crippen LogP) is 1.06. The highest BCUT2D eigenvalue weighted by Gasteiger charge is 2.31. The summed E-state index contributed by atoms with van der Waals surface area (Å²) in [5.41, 5.74) is 8.12. The van der Waals surface area contributed by atoms with Crippen LogP contribution >= 0.6 is 0 Å². The van der Waals surface area contributed by atoms with Crippen LogP contribution in [0.2, 0.25) is 0 Å². The van der Waals surface area contributed by atoms with Gasteiger partial charge in [-0.05, 0) is 35.6 Å². The second-order valence-corrected chi connectivity index (χ2v) is 10.6. The summed E-state index contributed by atoms with van der Waals surface area (Å²) >= 11 is 0. The number of amides is 3. The van der Waals surface area contributed by atoms with E-state index in [1.807, 2.05) is 19.9 Å². The molecule has 0 saturated carbocycles. The monoisotopic (exact) mass is 578 g/mol. The number of imidazole rings is 1. The van der Waals surface area contributed by atoms with Gasteiger partial charge >= 0.3 is 5.97 Å². The maximum atomic E-state index is 13.6. The molecule has 0 aliphatic carbocycles. The molecule has 1 heterocycles. The molecular formula is C30H38N6O6. The third kappa shape index (κ3) is 10.0. The molecule has 0 bridgehead atoms. The normalized spacial score (nSPS) is 13.9. The minimum atomic E-state index is -1.21. The summed E-state index contributed by atoms with van der Waals surface area (Å²) in [6.45, 7) is 3.74. The molecule has 4 unspecified atom stereocenters. The predicted molar refractivity (Wildman–Crippen MR) is 155 cm³/mol. The van der Waals surface area contributed by atoms with Crippen LogP contribution in [-0.2, 0) is 38.4 Å². The average molecular weight is 579 g/mol. The summed E-state index contributed by atoms with van der Waals surface area (Å²) in [6, 6.07) is 10.7. The molecule has 1 aromatic heterocycles. The minimum Gasteiger partial charge on any atom is -0.508 e. The van der Waals surface area contributed by atoms with Crippen LogP contribution in [0.3, 0.4) is 0 Å². The summed E-state index contributed by atoms with van der Waals surface area (Å²) in [5, 5.41) is 27.4. The van der Waals surface area contributed by atoms with Crippen molar-refractivity contribution in [3.8, 4) is 5.75 Å². The molecule has 2 aromatic carbocycles. The third-order valence-electron chi connectivity index (χ3n) is 6.58. The van der Waals surface area contributed by atoms with Gasteiger partial charge in [0.1, 0.15) is 23.9 Å². The van der Waals surface area contributed by atoms with Gasteiger partial charge in [-0.2, -0.15) is 0 Å². The molecule has 8 N–H and O–H groups in total. The smallest absolute Gasteiger partial charge is 0.326 e. The first-order valence-electron chi connectivity index (χ1n) is 13.7. The molecule has 42 heavy (non-hydrogen) atoms. The molecule has 0 spiro atoms. The van der Waals surface area contributed by atoms with Crippen molar-refractivity contribution in [1.29, 1.82) is 0 Å². The van der Waals surface area contributed by atoms with Crippen LogP contribution in [0.1, 0.15) is 37.1 Å². The van der Waals surface area contributed by atoms with E-state index in [0.29, 0.717) is 11.3 Å². The number of rotatable bonds is 15. The number of nitrogens with one attached hydrogen (secondary N) is 4. The highest BCUT2D eigenvalue weighted by molar-refractivity contribution is 5.94. The van der Waals surface area contributed by atoms with Gasteiger partial charge in [-0.1, -0.05) is 56.3 Å². The number of carbonyl (C=O) groups is 4. The molecule has 0 aliphatic heterocycles. The SMILES string of the molecule is CC(C)CC(NC(=O)C(Cc1ccc(O)cc1)NC(=O)C(N)Cc1cnc[nH]1)C(=O)NC(Cc1ccccc1)C(=O)O. The minimum absolute atomic E-state index is 0.0218. The van der Waals surface area contributed by atoms with Crippen LogP contribution in [-0.4, -0.2) is 68.0 Å². The van der Waals surface area contributed by atoms with Crippen molar-refractivity contribution in [2.24, 2.45) is 11.7 Å². The van der Waals surface area contributed by atoms with Crippen molar-refractivity contribution in [3.63, 3.8) is 0 Å². The van der Waals surface area contributed by atoms with Crippen LogP contribution in [0, 0.1) is 5.92 Å². The Morgan fingerprint density at radius 2 is 1.38 bits per heavy atom. The number of aliphatic carboxylic acids is 1. The zero-order chi connectivity index (χ0) is 30.6. The number of phenols is 1. The second-order valence-electron chi connectivity index (χ2n) is 10.6. The Balaban J connectivity index is 1.76. The fourth-order valence-corrected chi connectivity index (χ4v) is 4.38. The lowest BCUT2D eigenvalue weighted by atomic mass is 9.99. The van der Waals surface area contributed by atoms with Crippen molar-refractivity contribution in [3.05, 3.63) is 83.9 Å². The molecule has 0 fully saturated rings. The molecule has 3 rings (SSSR count). The first kappa shape index (κ1) is 31.8. The maximum Gasteiger partial charge on any atom is 0.326 e. The van der Waals surface area contributed by atoms with Gasteiger partial charge in [0.05, 0.1) is 12.4 Å². The number of carboxylic acids is 1. The van der Waals surface area contributed by atoms with Crippen molar-refractivity contribution in [1.82, 2.24) is 25.9 Å². The number of phenolic OH excluding ortho intramolecular Hbond substituents is 1. The van der Waals surface area contributed by atoms with Crippen molar-refractivity contribution < 1.29 is 29.4 Å². The van der Waals surface area contributed by atoms with E-state index < -0.39 is 47.9 Å². The lowest BCUT2D eigenvalue weighted by Gasteiger charge is -2.26. The number of nitrogens with two attached hydrogens (primary N) is 1. The number of hydrogen-bond acceptors (Lipinski definition) is 7. The summed E-state index contributed by atoms with van der Waals surface area (Å²) in [5.74, 6) is -3.05. The lowest BCUT2D eigenvalue weighted by Crippen LogP contribution is -2.58. The molecule has 12 heteroatoms. The third-order valence-corrected chi connectivity index (χ3v) is 6.58. The summed E-state index contributed by atoms with van der Waals surface area (Å²) < 4.78 is 0. The first-order valence-corrected chi connectivity index (χ1v) is 13.7. The van der Waals surface area contributed by atoms with E-state index in [9.17, 15) is 29.4 Å². The van der Waals surface area contributed by atoms with Crippen molar-refractivity contribution in [2.45, 2.75) is 63.7 Å². The molecular weight excluding hydrogens is 540 g/mol. The van der Waals surface area contributed by atoms with E-state index >= 15 is 0 Å². The number of carbonyl (C=O) groups excluding carboxylic acids is 3. The number of nitrogens with zero attached hydrogens (tertiary/aromatic N) is 1. The van der Waals surface area contributed by atoms with Gasteiger partial charge in [-0.15, -0.1) is 0 Å². The van der Waals surface area contributed by atoms with Gasteiger partial charge in [0, 0.05) is 31.2 Å². The largest absolute Gasteiger partial charge is 0.508 e. The van der Waals surface area contributed by atoms with Crippen LogP contribution in [0.4, 0.5) is 0 Å². The number of aromatic amines is 1. The highest BCUT2D eigenvalue weighted by Crippen LogP contribution is 2.13. The summed E-state index contributed by atoms with van der Waals surface area (Å²) in [4.78, 5) is 58.6. The average Bonchev–Trinajstić information content (AvgIpc) is 3.46. The van der Waals surface area contributed by atoms with Crippen LogP contribution in [0.25, 0.3) is 0 Å². The van der Waals surface area contributed by atoms with E-state index in [1.165, 1.54) is 18.5 Å². The zero-order valence-electron chi connectivity index (χ0n) is 23.6. The van der Waals surface area contributed by atoms with Gasteiger partial charge in [0.25, 0.3) is 0 Å². The lowest BCUT2D eigenvalue weighted by molar-refractivity contribution is -0.142. The van der Waals surface area contributed by atoms with E-state index in [-0.39, 0.29) is 37.4 Å². The van der Waals surface area contributed by atoms with Crippen LogP contribution in [0.5, 0.6) is 5.75 Å². The standard InChI is InChI=1S/C30H38N6O6/c1-18(2)12-24(28(39)36-26(30(41)42)14-19-6-4-3-5-7-19)35-29(40)25(13-20-8-10-22(37)11-9-20)34-27(38)23(31)15-21-16-32-17-33-21/h3-11,16-18,23-26,37H,12-15,31H2,1-2H3,(H,32,33)(H,34,38)(H,35,40)(H,36,39)(H,41,42). The molecule has 3 amide bonds. The zero-order valence-corrected chi connectivity index (χ0v) is 23.6. The van der Waals surface area contributed by atoms with Crippen LogP contribution < -0.4 is 21.7 Å². The van der Waals surface area contributed by atoms with E-state index in [2.05, 4.69) is 25.9 Å². The van der Waals surface area contributed by atoms with E-state index in [1.54, 1.807) is 42.6 Å².